The van der Waals surface area contributed by atoms with Crippen molar-refractivity contribution in [2.75, 3.05) is 0 Å². The summed E-state index contributed by atoms with van der Waals surface area (Å²) >= 11 is 0. The van der Waals surface area contributed by atoms with Gasteiger partial charge >= 0.3 is 0 Å². The van der Waals surface area contributed by atoms with Crippen LogP contribution in [0.1, 0.15) is 31.1 Å². The molecule has 3 atom stereocenters. The first-order valence-corrected chi connectivity index (χ1v) is 9.57. The molecule has 3 rings (SSSR count). The lowest BCUT2D eigenvalue weighted by atomic mass is 10.0. The van der Waals surface area contributed by atoms with Crippen molar-refractivity contribution in [1.82, 2.24) is 4.31 Å². The minimum absolute atomic E-state index is 0.161. The fourth-order valence-electron chi connectivity index (χ4n) is 3.11. The number of nitrogens with zero attached hydrogens (tertiary/aromatic N) is 1. The third-order valence-electron chi connectivity index (χ3n) is 4.42. The fourth-order valence-corrected chi connectivity index (χ4v) is 4.83. The van der Waals surface area contributed by atoms with E-state index in [0.717, 1.165) is 11.1 Å². The number of carbonyl (C=O) groups excluding carboxylic acids is 1. The number of rotatable bonds is 4. The van der Waals surface area contributed by atoms with Gasteiger partial charge in [0.2, 0.25) is 10.0 Å². The Morgan fingerprint density at radius 2 is 1.64 bits per heavy atom. The summed E-state index contributed by atoms with van der Waals surface area (Å²) in [6.07, 6.45) is -1.61. The number of ether oxygens (including phenoxy) is 1. The number of hydrogen-bond donors (Lipinski definition) is 0. The van der Waals surface area contributed by atoms with Crippen molar-refractivity contribution in [2.24, 2.45) is 0 Å². The highest BCUT2D eigenvalue weighted by Gasteiger charge is 2.49. The van der Waals surface area contributed by atoms with Crippen molar-refractivity contribution in [1.29, 1.82) is 0 Å². The van der Waals surface area contributed by atoms with Gasteiger partial charge in [-0.05, 0) is 38.5 Å². The Morgan fingerprint density at radius 1 is 1.04 bits per heavy atom. The number of sulfonamides is 1. The molecule has 0 unspecified atom stereocenters. The molecule has 6 heteroatoms. The minimum Gasteiger partial charge on any atom is -0.345 e. The molecule has 1 saturated heterocycles. The number of aryl methyl sites for hydroxylation is 1. The van der Waals surface area contributed by atoms with Crippen molar-refractivity contribution in [3.63, 3.8) is 0 Å². The van der Waals surface area contributed by atoms with Crippen molar-refractivity contribution >= 4 is 15.8 Å². The highest BCUT2D eigenvalue weighted by molar-refractivity contribution is 7.89. The summed E-state index contributed by atoms with van der Waals surface area (Å²) in [6.45, 7) is 5.01. The lowest BCUT2D eigenvalue weighted by Crippen LogP contribution is -2.43. The van der Waals surface area contributed by atoms with Crippen LogP contribution in [-0.2, 0) is 19.6 Å². The number of benzene rings is 2. The van der Waals surface area contributed by atoms with Gasteiger partial charge in [-0.3, -0.25) is 4.79 Å². The van der Waals surface area contributed by atoms with E-state index in [9.17, 15) is 13.2 Å². The lowest BCUT2D eigenvalue weighted by molar-refractivity contribution is -0.131. The van der Waals surface area contributed by atoms with E-state index in [0.29, 0.717) is 0 Å². The Bertz CT molecular complexity index is 862. The summed E-state index contributed by atoms with van der Waals surface area (Å²) in [7, 11) is -3.85. The second kappa shape index (κ2) is 6.71. The van der Waals surface area contributed by atoms with Crippen molar-refractivity contribution < 1.29 is 17.9 Å². The molecule has 1 fully saturated rings. The molecule has 0 aromatic heterocycles. The second-order valence-corrected chi connectivity index (χ2v) is 8.16. The highest BCUT2D eigenvalue weighted by Crippen LogP contribution is 2.38. The van der Waals surface area contributed by atoms with E-state index >= 15 is 0 Å². The van der Waals surface area contributed by atoms with E-state index < -0.39 is 28.4 Å². The van der Waals surface area contributed by atoms with Gasteiger partial charge in [0.15, 0.2) is 12.0 Å². The van der Waals surface area contributed by atoms with Crippen LogP contribution in [0, 0.1) is 6.92 Å². The average Bonchev–Trinajstić information content (AvgIpc) is 2.94. The summed E-state index contributed by atoms with van der Waals surface area (Å²) in [4.78, 5) is 12.2. The number of ketones is 1. The molecule has 132 valence electrons. The smallest absolute Gasteiger partial charge is 0.245 e. The molecule has 0 spiro atoms. The van der Waals surface area contributed by atoms with E-state index in [2.05, 4.69) is 0 Å². The molecule has 25 heavy (non-hydrogen) atoms. The summed E-state index contributed by atoms with van der Waals surface area (Å²) < 4.78 is 33.3. The van der Waals surface area contributed by atoms with Gasteiger partial charge in [-0.2, -0.15) is 4.31 Å². The molecule has 0 bridgehead atoms. The zero-order valence-corrected chi connectivity index (χ0v) is 15.2. The Kier molecular flexibility index (Phi) is 4.77. The Hall–Kier alpha value is -2.02. The van der Waals surface area contributed by atoms with Crippen LogP contribution in [0.5, 0.6) is 0 Å². The zero-order chi connectivity index (χ0) is 18.2. The number of hydrogen-bond acceptors (Lipinski definition) is 4. The molecule has 0 radical (unpaired) electrons. The van der Waals surface area contributed by atoms with Gasteiger partial charge < -0.3 is 4.74 Å². The average molecular weight is 359 g/mol. The van der Waals surface area contributed by atoms with E-state index in [1.807, 2.05) is 37.3 Å². The molecule has 0 N–H and O–H groups in total. The molecule has 0 amide bonds. The third kappa shape index (κ3) is 3.25. The fraction of sp³-hybridized carbons (Fsp3) is 0.316. The normalized spacial score (nSPS) is 24.4. The second-order valence-electron chi connectivity index (χ2n) is 6.32. The van der Waals surface area contributed by atoms with E-state index in [4.69, 9.17) is 4.74 Å². The van der Waals surface area contributed by atoms with Crippen LogP contribution >= 0.6 is 0 Å². The van der Waals surface area contributed by atoms with Crippen molar-refractivity contribution in [3.05, 3.63) is 65.7 Å². The predicted molar refractivity (Wildman–Crippen MR) is 94.4 cm³/mol. The molecule has 1 aliphatic rings. The first-order valence-electron chi connectivity index (χ1n) is 8.13. The van der Waals surface area contributed by atoms with Crippen molar-refractivity contribution in [2.45, 2.75) is 44.0 Å². The summed E-state index contributed by atoms with van der Waals surface area (Å²) in [5, 5.41) is 0. The maximum atomic E-state index is 13.1. The van der Waals surface area contributed by atoms with Gasteiger partial charge in [-0.15, -0.1) is 0 Å². The minimum atomic E-state index is -3.85. The Balaban J connectivity index is 2.03. The maximum Gasteiger partial charge on any atom is 0.245 e. The van der Waals surface area contributed by atoms with Crippen LogP contribution in [-0.4, -0.2) is 30.8 Å². The molecular formula is C19H21NO4S. The summed E-state index contributed by atoms with van der Waals surface area (Å²) in [6, 6.07) is 15.5. The van der Waals surface area contributed by atoms with E-state index in [-0.39, 0.29) is 10.7 Å². The van der Waals surface area contributed by atoms with Gasteiger partial charge in [0.25, 0.3) is 0 Å². The number of Topliss-reactive ketones (excluding diaryl/α,β-unsaturated/α-hetero) is 1. The van der Waals surface area contributed by atoms with Gasteiger partial charge in [-0.1, -0.05) is 48.0 Å². The van der Waals surface area contributed by atoms with Crippen LogP contribution in [0.4, 0.5) is 0 Å². The molecule has 1 heterocycles. The summed E-state index contributed by atoms with van der Waals surface area (Å²) in [5.41, 5.74) is 1.82. The van der Waals surface area contributed by atoms with E-state index in [1.165, 1.54) is 11.2 Å². The molecule has 0 saturated carbocycles. The number of carbonyl (C=O) groups is 1. The highest BCUT2D eigenvalue weighted by atomic mass is 32.2. The lowest BCUT2D eigenvalue weighted by Gasteiger charge is -2.24. The topological polar surface area (TPSA) is 63.7 Å². The van der Waals surface area contributed by atoms with Crippen LogP contribution < -0.4 is 0 Å². The quantitative estimate of drug-likeness (QED) is 0.842. The van der Waals surface area contributed by atoms with Crippen LogP contribution in [0.25, 0.3) is 0 Å². The zero-order valence-electron chi connectivity index (χ0n) is 14.4. The first-order chi connectivity index (χ1) is 11.8. The van der Waals surface area contributed by atoms with Gasteiger partial charge in [0.1, 0.15) is 6.10 Å². The van der Waals surface area contributed by atoms with Crippen LogP contribution in [0.15, 0.2) is 59.5 Å². The van der Waals surface area contributed by atoms with Gasteiger partial charge in [0, 0.05) is 0 Å². The van der Waals surface area contributed by atoms with Crippen LogP contribution in [0.2, 0.25) is 0 Å². The first kappa shape index (κ1) is 17.8. The SMILES string of the molecule is CC(=O)[C@@H]1O[C@H](c2ccccc2)[C@H](C)N1S(=O)(=O)c1ccc(C)cc1. The van der Waals surface area contributed by atoms with Crippen LogP contribution in [0.3, 0.4) is 0 Å². The molecule has 2 aromatic carbocycles. The van der Waals surface area contributed by atoms with Gasteiger partial charge in [-0.25, -0.2) is 8.42 Å². The maximum absolute atomic E-state index is 13.1. The molecular weight excluding hydrogens is 338 g/mol. The molecule has 5 nitrogen and oxygen atoms in total. The third-order valence-corrected chi connectivity index (χ3v) is 6.37. The molecule has 2 aromatic rings. The Labute approximate surface area is 148 Å². The Morgan fingerprint density at radius 3 is 2.20 bits per heavy atom. The van der Waals surface area contributed by atoms with E-state index in [1.54, 1.807) is 31.2 Å². The standard InChI is InChI=1S/C19H21NO4S/c1-13-9-11-17(12-10-13)25(22,23)20-14(2)18(24-19(20)15(3)21)16-7-5-4-6-8-16/h4-12,14,18-19H,1-3H3/t14-,18-,19-/m0/s1. The monoisotopic (exact) mass is 359 g/mol. The molecule has 0 aliphatic carbocycles. The van der Waals surface area contributed by atoms with Crippen molar-refractivity contribution in [3.8, 4) is 0 Å². The predicted octanol–water partition coefficient (Wildman–Crippen LogP) is 3.06. The summed E-state index contributed by atoms with van der Waals surface area (Å²) in [5.74, 6) is -0.332. The van der Waals surface area contributed by atoms with Gasteiger partial charge in [0.05, 0.1) is 10.9 Å². The largest absolute Gasteiger partial charge is 0.345 e. The molecule has 1 aliphatic heterocycles.